The summed E-state index contributed by atoms with van der Waals surface area (Å²) in [6, 6.07) is 5.72. The molecule has 0 amide bonds. The fourth-order valence-corrected chi connectivity index (χ4v) is 2.83. The standard InChI is InChI=1S/C15H18ClN3O/c1-19(9-12-4-2-3-7-20-12)15-13-6-5-11(16)8-14(13)17-10-18-15/h5-6,8,10,12H,2-4,7,9H2,1H3. The van der Waals surface area contributed by atoms with E-state index in [1.807, 2.05) is 25.2 Å². The first-order valence-electron chi connectivity index (χ1n) is 6.97. The van der Waals surface area contributed by atoms with Gasteiger partial charge < -0.3 is 9.64 Å². The van der Waals surface area contributed by atoms with Crippen LogP contribution in [0.4, 0.5) is 5.82 Å². The van der Waals surface area contributed by atoms with E-state index in [2.05, 4.69) is 14.9 Å². The lowest BCUT2D eigenvalue weighted by molar-refractivity contribution is 0.0215. The lowest BCUT2D eigenvalue weighted by Crippen LogP contribution is -2.33. The lowest BCUT2D eigenvalue weighted by atomic mass is 10.1. The van der Waals surface area contributed by atoms with Crippen molar-refractivity contribution >= 4 is 28.3 Å². The number of rotatable bonds is 3. The minimum absolute atomic E-state index is 0.297. The van der Waals surface area contributed by atoms with E-state index < -0.39 is 0 Å². The molecular weight excluding hydrogens is 274 g/mol. The third-order valence-electron chi connectivity index (χ3n) is 3.69. The highest BCUT2D eigenvalue weighted by Gasteiger charge is 2.18. The van der Waals surface area contributed by atoms with Crippen molar-refractivity contribution in [3.8, 4) is 0 Å². The van der Waals surface area contributed by atoms with Gasteiger partial charge in [-0.25, -0.2) is 9.97 Å². The van der Waals surface area contributed by atoms with E-state index in [1.165, 1.54) is 12.8 Å². The summed E-state index contributed by atoms with van der Waals surface area (Å²) in [6.07, 6.45) is 5.44. The first kappa shape index (κ1) is 13.6. The normalized spacial score (nSPS) is 19.2. The Morgan fingerprint density at radius 1 is 1.35 bits per heavy atom. The van der Waals surface area contributed by atoms with Gasteiger partial charge in [-0.1, -0.05) is 11.6 Å². The van der Waals surface area contributed by atoms with E-state index in [9.17, 15) is 0 Å². The van der Waals surface area contributed by atoms with Gasteiger partial charge in [0.1, 0.15) is 12.1 Å². The Kier molecular flexibility index (Phi) is 4.03. The highest BCUT2D eigenvalue weighted by atomic mass is 35.5. The van der Waals surface area contributed by atoms with Crippen LogP contribution in [-0.2, 0) is 4.74 Å². The molecule has 0 spiro atoms. The van der Waals surface area contributed by atoms with Gasteiger partial charge in [0.15, 0.2) is 0 Å². The molecule has 1 saturated heterocycles. The van der Waals surface area contributed by atoms with Crippen molar-refractivity contribution in [2.75, 3.05) is 25.1 Å². The Morgan fingerprint density at radius 3 is 3.05 bits per heavy atom. The van der Waals surface area contributed by atoms with Crippen LogP contribution in [-0.4, -0.2) is 36.3 Å². The molecule has 3 rings (SSSR count). The number of anilines is 1. The molecule has 1 aromatic heterocycles. The Hall–Kier alpha value is -1.39. The summed E-state index contributed by atoms with van der Waals surface area (Å²) in [4.78, 5) is 10.8. The summed E-state index contributed by atoms with van der Waals surface area (Å²) in [6.45, 7) is 1.73. The van der Waals surface area contributed by atoms with Crippen LogP contribution in [0.1, 0.15) is 19.3 Å². The molecule has 1 aromatic carbocycles. The van der Waals surface area contributed by atoms with Crippen LogP contribution in [0.15, 0.2) is 24.5 Å². The monoisotopic (exact) mass is 291 g/mol. The molecular formula is C15H18ClN3O. The first-order chi connectivity index (χ1) is 9.74. The van der Waals surface area contributed by atoms with E-state index in [1.54, 1.807) is 6.33 Å². The fraction of sp³-hybridized carbons (Fsp3) is 0.467. The van der Waals surface area contributed by atoms with Gasteiger partial charge in [0.05, 0.1) is 11.6 Å². The zero-order valence-electron chi connectivity index (χ0n) is 11.6. The topological polar surface area (TPSA) is 38.2 Å². The number of ether oxygens (including phenoxy) is 1. The van der Waals surface area contributed by atoms with Crippen LogP contribution in [0.5, 0.6) is 0 Å². The van der Waals surface area contributed by atoms with Crippen molar-refractivity contribution in [2.24, 2.45) is 0 Å². The molecule has 0 aliphatic carbocycles. The zero-order valence-corrected chi connectivity index (χ0v) is 12.3. The second-order valence-electron chi connectivity index (χ2n) is 5.23. The van der Waals surface area contributed by atoms with Gasteiger partial charge in [-0.15, -0.1) is 0 Å². The van der Waals surface area contributed by atoms with Crippen molar-refractivity contribution < 1.29 is 4.74 Å². The minimum Gasteiger partial charge on any atom is -0.376 e. The molecule has 0 radical (unpaired) electrons. The van der Waals surface area contributed by atoms with Crippen LogP contribution in [0.25, 0.3) is 10.9 Å². The van der Waals surface area contributed by atoms with Crippen molar-refractivity contribution in [2.45, 2.75) is 25.4 Å². The molecule has 0 N–H and O–H groups in total. The molecule has 4 nitrogen and oxygen atoms in total. The maximum absolute atomic E-state index is 6.01. The second kappa shape index (κ2) is 5.94. The maximum atomic E-state index is 6.01. The predicted octanol–water partition coefficient (Wildman–Crippen LogP) is 3.29. The summed E-state index contributed by atoms with van der Waals surface area (Å²) in [5.74, 6) is 0.931. The molecule has 106 valence electrons. The van der Waals surface area contributed by atoms with Gasteiger partial charge in [-0.3, -0.25) is 0 Å². The van der Waals surface area contributed by atoms with Crippen molar-refractivity contribution in [3.05, 3.63) is 29.5 Å². The van der Waals surface area contributed by atoms with Gasteiger partial charge in [0, 0.05) is 30.6 Å². The van der Waals surface area contributed by atoms with Crippen LogP contribution < -0.4 is 4.90 Å². The average molecular weight is 292 g/mol. The van der Waals surface area contributed by atoms with Crippen molar-refractivity contribution in [3.63, 3.8) is 0 Å². The molecule has 0 saturated carbocycles. The van der Waals surface area contributed by atoms with Gasteiger partial charge in [-0.05, 0) is 37.5 Å². The Labute approximate surface area is 123 Å². The van der Waals surface area contributed by atoms with Crippen molar-refractivity contribution in [1.82, 2.24) is 9.97 Å². The van der Waals surface area contributed by atoms with Gasteiger partial charge in [-0.2, -0.15) is 0 Å². The molecule has 2 aromatic rings. The van der Waals surface area contributed by atoms with Crippen LogP contribution >= 0.6 is 11.6 Å². The van der Waals surface area contributed by atoms with E-state index in [4.69, 9.17) is 16.3 Å². The van der Waals surface area contributed by atoms with Crippen LogP contribution in [0, 0.1) is 0 Å². The van der Waals surface area contributed by atoms with Crippen LogP contribution in [0.3, 0.4) is 0 Å². The number of benzene rings is 1. The number of hydrogen-bond acceptors (Lipinski definition) is 4. The highest BCUT2D eigenvalue weighted by Crippen LogP contribution is 2.25. The van der Waals surface area contributed by atoms with E-state index >= 15 is 0 Å². The fourth-order valence-electron chi connectivity index (χ4n) is 2.66. The molecule has 1 atom stereocenters. The number of likely N-dealkylation sites (N-methyl/N-ethyl adjacent to an activating group) is 1. The number of nitrogens with zero attached hydrogens (tertiary/aromatic N) is 3. The van der Waals surface area contributed by atoms with Gasteiger partial charge in [0.2, 0.25) is 0 Å². The maximum Gasteiger partial charge on any atom is 0.139 e. The summed E-state index contributed by atoms with van der Waals surface area (Å²) in [5, 5.41) is 1.72. The highest BCUT2D eigenvalue weighted by molar-refractivity contribution is 6.31. The molecule has 0 bridgehead atoms. The Bertz CT molecular complexity index is 599. The average Bonchev–Trinajstić information content (AvgIpc) is 2.47. The molecule has 5 heteroatoms. The lowest BCUT2D eigenvalue weighted by Gasteiger charge is -2.28. The van der Waals surface area contributed by atoms with E-state index in [0.717, 1.165) is 36.3 Å². The number of aromatic nitrogens is 2. The molecule has 1 aliphatic heterocycles. The van der Waals surface area contributed by atoms with Gasteiger partial charge >= 0.3 is 0 Å². The molecule has 20 heavy (non-hydrogen) atoms. The van der Waals surface area contributed by atoms with E-state index in [-0.39, 0.29) is 0 Å². The number of hydrogen-bond donors (Lipinski definition) is 0. The smallest absolute Gasteiger partial charge is 0.139 e. The third kappa shape index (κ3) is 2.86. The largest absolute Gasteiger partial charge is 0.376 e. The summed E-state index contributed by atoms with van der Waals surface area (Å²) in [7, 11) is 2.05. The molecule has 1 aliphatic rings. The SMILES string of the molecule is CN(CC1CCCCO1)c1ncnc2cc(Cl)ccc12. The van der Waals surface area contributed by atoms with E-state index in [0.29, 0.717) is 11.1 Å². The second-order valence-corrected chi connectivity index (χ2v) is 5.66. The molecule has 2 heterocycles. The molecule has 1 fully saturated rings. The number of fused-ring (bicyclic) bond motifs is 1. The zero-order chi connectivity index (χ0) is 13.9. The summed E-state index contributed by atoms with van der Waals surface area (Å²) in [5.41, 5.74) is 0.874. The van der Waals surface area contributed by atoms with Crippen LogP contribution in [0.2, 0.25) is 5.02 Å². The first-order valence-corrected chi connectivity index (χ1v) is 7.35. The predicted molar refractivity (Wildman–Crippen MR) is 81.4 cm³/mol. The third-order valence-corrected chi connectivity index (χ3v) is 3.93. The Morgan fingerprint density at radius 2 is 2.25 bits per heavy atom. The minimum atomic E-state index is 0.297. The molecule has 1 unspecified atom stereocenters. The van der Waals surface area contributed by atoms with Gasteiger partial charge in [0.25, 0.3) is 0 Å². The summed E-state index contributed by atoms with van der Waals surface area (Å²) >= 11 is 6.01. The number of halogens is 1. The Balaban J connectivity index is 1.85. The van der Waals surface area contributed by atoms with Crippen molar-refractivity contribution in [1.29, 1.82) is 0 Å². The quantitative estimate of drug-likeness (QED) is 0.870. The summed E-state index contributed by atoms with van der Waals surface area (Å²) < 4.78 is 5.80.